The molecule has 4 heterocycles. The minimum absolute atomic E-state index is 0.0609. The van der Waals surface area contributed by atoms with Crippen molar-refractivity contribution in [1.29, 1.82) is 0 Å². The highest BCUT2D eigenvalue weighted by atomic mass is 35.5. The van der Waals surface area contributed by atoms with Gasteiger partial charge in [-0.15, -0.1) is 0 Å². The van der Waals surface area contributed by atoms with Gasteiger partial charge in [-0.1, -0.05) is 35.9 Å². The molecule has 184 valence electrons. The Morgan fingerprint density at radius 3 is 2.80 bits per heavy atom. The summed E-state index contributed by atoms with van der Waals surface area (Å²) < 4.78 is 8.95. The second kappa shape index (κ2) is 9.47. The average Bonchev–Trinajstić information content (AvgIpc) is 3.25. The Kier molecular flexibility index (Phi) is 6.37. The number of rotatable bonds is 5. The largest absolute Gasteiger partial charge is 0.364 e. The number of anilines is 1. The van der Waals surface area contributed by atoms with Crippen molar-refractivity contribution >= 4 is 23.2 Å². The summed E-state index contributed by atoms with van der Waals surface area (Å²) in [7, 11) is 0. The summed E-state index contributed by atoms with van der Waals surface area (Å²) in [4.78, 5) is 27.3. The number of aromatic nitrogens is 4. The molecule has 0 saturated carbocycles. The van der Waals surface area contributed by atoms with Crippen molar-refractivity contribution < 1.29 is 9.53 Å². The molecule has 1 amide bonds. The molecule has 2 atom stereocenters. The molecule has 3 aromatic rings. The molecule has 1 fully saturated rings. The molecule has 35 heavy (non-hydrogen) atoms. The normalized spacial score (nSPS) is 18.8. The van der Waals surface area contributed by atoms with Crippen molar-refractivity contribution in [3.8, 4) is 0 Å². The fraction of sp³-hybridized carbons (Fsp3) is 0.440. The molecule has 2 aliphatic heterocycles. The maximum absolute atomic E-state index is 13.0. The molecule has 0 bridgehead atoms. The number of fused-ring (bicyclic) bond motifs is 1. The highest BCUT2D eigenvalue weighted by molar-refractivity contribution is 6.33. The third-order valence-electron chi connectivity index (χ3n) is 7.02. The third kappa shape index (κ3) is 4.23. The summed E-state index contributed by atoms with van der Waals surface area (Å²) in [5, 5.41) is 9.11. The first-order chi connectivity index (χ1) is 16.9. The Hall–Kier alpha value is -3.17. The van der Waals surface area contributed by atoms with Crippen LogP contribution in [0.5, 0.6) is 0 Å². The van der Waals surface area contributed by atoms with Gasteiger partial charge in [0.2, 0.25) is 0 Å². The van der Waals surface area contributed by atoms with Gasteiger partial charge >= 0.3 is 0 Å². The van der Waals surface area contributed by atoms with E-state index in [0.717, 1.165) is 41.6 Å². The number of benzene rings is 1. The van der Waals surface area contributed by atoms with Crippen LogP contribution in [-0.4, -0.2) is 38.6 Å². The quantitative estimate of drug-likeness (QED) is 0.580. The van der Waals surface area contributed by atoms with Gasteiger partial charge < -0.3 is 15.4 Å². The lowest BCUT2D eigenvalue weighted by Crippen LogP contribution is -2.36. The minimum atomic E-state index is -0.576. The number of primary amides is 1. The predicted octanol–water partition coefficient (Wildman–Crippen LogP) is 3.37. The van der Waals surface area contributed by atoms with Crippen molar-refractivity contribution in [3.63, 3.8) is 0 Å². The van der Waals surface area contributed by atoms with Gasteiger partial charge in [-0.25, -0.2) is 0 Å². The number of aryl methyl sites for hydroxylation is 1. The van der Waals surface area contributed by atoms with E-state index in [0.29, 0.717) is 31.8 Å². The Morgan fingerprint density at radius 2 is 2.09 bits per heavy atom. The van der Waals surface area contributed by atoms with Gasteiger partial charge in [0.15, 0.2) is 11.9 Å². The fourth-order valence-electron chi connectivity index (χ4n) is 5.14. The molecule has 1 aromatic carbocycles. The second-order valence-corrected chi connectivity index (χ2v) is 9.58. The zero-order valence-corrected chi connectivity index (χ0v) is 20.7. The Morgan fingerprint density at radius 1 is 1.29 bits per heavy atom. The molecule has 10 heteroatoms. The number of nitrogens with two attached hydrogens (primary N) is 1. The second-order valence-electron chi connectivity index (χ2n) is 9.20. The highest BCUT2D eigenvalue weighted by Gasteiger charge is 2.31. The number of halogens is 1. The molecule has 1 saturated heterocycles. The van der Waals surface area contributed by atoms with Crippen molar-refractivity contribution in [3.05, 3.63) is 73.9 Å². The first-order valence-corrected chi connectivity index (χ1v) is 12.3. The van der Waals surface area contributed by atoms with Gasteiger partial charge in [0.25, 0.3) is 11.5 Å². The lowest BCUT2D eigenvalue weighted by molar-refractivity contribution is -0.0424. The number of nitrogens with zero attached hydrogens (tertiary/aromatic N) is 5. The molecular formula is C25H29ClN6O3. The number of ether oxygens (including phenoxy) is 1. The monoisotopic (exact) mass is 496 g/mol. The summed E-state index contributed by atoms with van der Waals surface area (Å²) in [6.07, 6.45) is 4.53. The van der Waals surface area contributed by atoms with E-state index in [-0.39, 0.29) is 22.3 Å². The summed E-state index contributed by atoms with van der Waals surface area (Å²) in [6, 6.07) is 8.08. The molecule has 0 aliphatic carbocycles. The first kappa shape index (κ1) is 23.6. The van der Waals surface area contributed by atoms with Crippen LogP contribution < -0.4 is 16.2 Å². The van der Waals surface area contributed by atoms with Crippen LogP contribution in [0.15, 0.2) is 35.3 Å². The summed E-state index contributed by atoms with van der Waals surface area (Å²) in [6.45, 7) is 5.70. The Labute approximate surface area is 208 Å². The summed E-state index contributed by atoms with van der Waals surface area (Å²) in [5.41, 5.74) is 10.2. The molecule has 0 radical (unpaired) electrons. The number of amides is 1. The highest BCUT2D eigenvalue weighted by Crippen LogP contribution is 2.33. The zero-order chi connectivity index (χ0) is 24.7. The Bertz CT molecular complexity index is 1330. The van der Waals surface area contributed by atoms with Crippen LogP contribution in [0.3, 0.4) is 0 Å². The van der Waals surface area contributed by atoms with E-state index in [2.05, 4.69) is 36.2 Å². The topological polar surface area (TPSA) is 108 Å². The number of hydrogen-bond acceptors (Lipinski definition) is 6. The van der Waals surface area contributed by atoms with E-state index in [1.165, 1.54) is 4.68 Å². The van der Waals surface area contributed by atoms with Gasteiger partial charge in [-0.3, -0.25) is 14.3 Å². The number of carbonyl (C=O) groups excluding carboxylic acids is 1. The lowest BCUT2D eigenvalue weighted by atomic mass is 10.0. The van der Waals surface area contributed by atoms with E-state index < -0.39 is 12.1 Å². The van der Waals surface area contributed by atoms with Crippen molar-refractivity contribution in [1.82, 2.24) is 19.6 Å². The molecule has 2 N–H and O–H groups in total. The van der Waals surface area contributed by atoms with Crippen LogP contribution >= 0.6 is 11.6 Å². The summed E-state index contributed by atoms with van der Waals surface area (Å²) >= 11 is 6.55. The predicted molar refractivity (Wildman–Crippen MR) is 133 cm³/mol. The van der Waals surface area contributed by atoms with E-state index in [1.54, 1.807) is 6.20 Å². The van der Waals surface area contributed by atoms with Gasteiger partial charge in [0.1, 0.15) is 5.02 Å². The number of hydrogen-bond donors (Lipinski definition) is 1. The van der Waals surface area contributed by atoms with E-state index in [4.69, 9.17) is 22.1 Å². The van der Waals surface area contributed by atoms with Crippen LogP contribution in [0.25, 0.3) is 0 Å². The molecule has 2 aromatic heterocycles. The van der Waals surface area contributed by atoms with Gasteiger partial charge in [-0.05, 0) is 44.2 Å². The van der Waals surface area contributed by atoms with Gasteiger partial charge in [0, 0.05) is 37.4 Å². The third-order valence-corrected chi connectivity index (χ3v) is 7.37. The first-order valence-electron chi connectivity index (χ1n) is 12.0. The number of carbonyl (C=O) groups is 1. The standard InChI is InChI=1S/C25H29ClN6O3/c1-15-7-3-4-8-17(15)16(2)31-19-10-11-30(14-18(19)23(29-31)24(27)33)20-13-28-32(25(34)22(20)26)21-9-5-6-12-35-21/h3-4,7-8,13,16,21H,5-6,9-12,14H2,1-2H3,(H2,27,33). The SMILES string of the molecule is Cc1ccccc1C(C)n1nc(C(N)=O)c2c1CCN(c1cnn(C3CCCCO3)c(=O)c1Cl)C2. The van der Waals surface area contributed by atoms with Crippen molar-refractivity contribution in [2.24, 2.45) is 5.73 Å². The minimum Gasteiger partial charge on any atom is -0.364 e. The molecular weight excluding hydrogens is 468 g/mol. The maximum atomic E-state index is 13.0. The van der Waals surface area contributed by atoms with Gasteiger partial charge in [0.05, 0.1) is 17.9 Å². The zero-order valence-electron chi connectivity index (χ0n) is 19.9. The van der Waals surface area contributed by atoms with Crippen LogP contribution in [0.2, 0.25) is 5.02 Å². The fourth-order valence-corrected chi connectivity index (χ4v) is 5.39. The van der Waals surface area contributed by atoms with Gasteiger partial charge in [-0.2, -0.15) is 14.9 Å². The van der Waals surface area contributed by atoms with Crippen LogP contribution in [0, 0.1) is 6.92 Å². The van der Waals surface area contributed by atoms with E-state index >= 15 is 0 Å². The average molecular weight is 497 g/mol. The molecule has 9 nitrogen and oxygen atoms in total. The van der Waals surface area contributed by atoms with Crippen LogP contribution in [-0.2, 0) is 17.7 Å². The Balaban J connectivity index is 1.48. The van der Waals surface area contributed by atoms with E-state index in [9.17, 15) is 9.59 Å². The molecule has 0 spiro atoms. The van der Waals surface area contributed by atoms with Crippen molar-refractivity contribution in [2.45, 2.75) is 58.3 Å². The molecule has 2 aliphatic rings. The van der Waals surface area contributed by atoms with Crippen LogP contribution in [0.4, 0.5) is 5.69 Å². The van der Waals surface area contributed by atoms with E-state index in [1.807, 2.05) is 21.7 Å². The lowest BCUT2D eigenvalue weighted by Gasteiger charge is -2.31. The van der Waals surface area contributed by atoms with Crippen LogP contribution in [0.1, 0.15) is 71.3 Å². The molecule has 5 rings (SSSR count). The van der Waals surface area contributed by atoms with Crippen molar-refractivity contribution in [2.75, 3.05) is 18.1 Å². The smallest absolute Gasteiger partial charge is 0.290 e. The molecule has 2 unspecified atom stereocenters. The maximum Gasteiger partial charge on any atom is 0.290 e. The summed E-state index contributed by atoms with van der Waals surface area (Å²) in [5.74, 6) is -0.576.